The fourth-order valence-corrected chi connectivity index (χ4v) is 3.49. The lowest BCUT2D eigenvalue weighted by Crippen LogP contribution is -2.31. The average molecular weight is 373 g/mol. The molecule has 0 aliphatic rings. The average Bonchev–Trinajstić information content (AvgIpc) is 3.05. The summed E-state index contributed by atoms with van der Waals surface area (Å²) in [5.41, 5.74) is 3.44. The van der Waals surface area contributed by atoms with Crippen molar-refractivity contribution in [3.05, 3.63) is 90.0 Å². The number of anilines is 1. The van der Waals surface area contributed by atoms with Crippen LogP contribution >= 0.6 is 0 Å². The molecule has 1 amide bonds. The van der Waals surface area contributed by atoms with E-state index in [4.69, 9.17) is 0 Å². The molecule has 0 saturated heterocycles. The maximum absolute atomic E-state index is 14.2. The number of aryl methyl sites for hydroxylation is 1. The first-order valence-electron chi connectivity index (χ1n) is 9.21. The Bertz CT molecular complexity index is 1150. The first kappa shape index (κ1) is 17.9. The van der Waals surface area contributed by atoms with Gasteiger partial charge in [-0.05, 0) is 56.3 Å². The van der Waals surface area contributed by atoms with Gasteiger partial charge in [0.05, 0.1) is 16.7 Å². The molecular weight excluding hydrogens is 353 g/mol. The Balaban J connectivity index is 1.76. The van der Waals surface area contributed by atoms with Crippen molar-refractivity contribution in [2.45, 2.75) is 13.8 Å². The second kappa shape index (κ2) is 7.27. The predicted molar refractivity (Wildman–Crippen MR) is 110 cm³/mol. The molecule has 5 heteroatoms. The third kappa shape index (κ3) is 3.05. The van der Waals surface area contributed by atoms with E-state index < -0.39 is 5.82 Å². The van der Waals surface area contributed by atoms with Gasteiger partial charge in [0.2, 0.25) is 0 Å². The third-order valence-electron chi connectivity index (χ3n) is 4.79. The van der Waals surface area contributed by atoms with Crippen LogP contribution in [0.2, 0.25) is 0 Å². The van der Waals surface area contributed by atoms with Crippen molar-refractivity contribution in [1.82, 2.24) is 9.55 Å². The monoisotopic (exact) mass is 373 g/mol. The van der Waals surface area contributed by atoms with Gasteiger partial charge in [-0.3, -0.25) is 9.36 Å². The topological polar surface area (TPSA) is 38.1 Å². The van der Waals surface area contributed by atoms with E-state index in [0.717, 1.165) is 22.5 Å². The largest absolute Gasteiger partial charge is 0.306 e. The molecule has 1 heterocycles. The maximum atomic E-state index is 14.2. The van der Waals surface area contributed by atoms with Gasteiger partial charge < -0.3 is 4.90 Å². The van der Waals surface area contributed by atoms with Crippen LogP contribution in [-0.2, 0) is 0 Å². The molecule has 0 aliphatic heterocycles. The van der Waals surface area contributed by atoms with Crippen molar-refractivity contribution in [3.63, 3.8) is 0 Å². The number of carbonyl (C=O) groups excluding carboxylic acids is 1. The molecule has 1 aromatic heterocycles. The standard InChI is InChI=1S/C23H20FN3O/c1-3-26(21-12-8-7-11-19(21)24)23(28)17-13-14-22-20(15-17)25-16(2)27(22)18-9-5-4-6-10-18/h4-15H,3H2,1-2H3. The normalized spacial score (nSPS) is 11.0. The number of fused-ring (bicyclic) bond motifs is 1. The van der Waals surface area contributed by atoms with Crippen molar-refractivity contribution in [1.29, 1.82) is 0 Å². The zero-order valence-electron chi connectivity index (χ0n) is 15.8. The molecule has 4 aromatic rings. The lowest BCUT2D eigenvalue weighted by molar-refractivity contribution is 0.0987. The van der Waals surface area contributed by atoms with Gasteiger partial charge in [-0.1, -0.05) is 30.3 Å². The molecule has 4 rings (SSSR count). The molecule has 4 nitrogen and oxygen atoms in total. The second-order valence-electron chi connectivity index (χ2n) is 6.53. The third-order valence-corrected chi connectivity index (χ3v) is 4.79. The van der Waals surface area contributed by atoms with Crippen LogP contribution < -0.4 is 4.90 Å². The summed E-state index contributed by atoms with van der Waals surface area (Å²) in [5.74, 6) is 0.177. The fraction of sp³-hybridized carbons (Fsp3) is 0.130. The van der Waals surface area contributed by atoms with E-state index in [1.54, 1.807) is 30.3 Å². The molecule has 0 fully saturated rings. The number of rotatable bonds is 4. The fourth-order valence-electron chi connectivity index (χ4n) is 3.49. The first-order valence-corrected chi connectivity index (χ1v) is 9.21. The minimum absolute atomic E-state index is 0.249. The molecule has 3 aromatic carbocycles. The van der Waals surface area contributed by atoms with Gasteiger partial charge in [0.1, 0.15) is 11.6 Å². The summed E-state index contributed by atoms with van der Waals surface area (Å²) in [6.07, 6.45) is 0. The lowest BCUT2D eigenvalue weighted by atomic mass is 10.1. The van der Waals surface area contributed by atoms with Gasteiger partial charge in [0.15, 0.2) is 0 Å². The lowest BCUT2D eigenvalue weighted by Gasteiger charge is -2.21. The van der Waals surface area contributed by atoms with E-state index in [0.29, 0.717) is 12.1 Å². The summed E-state index contributed by atoms with van der Waals surface area (Å²) >= 11 is 0. The molecule has 0 aliphatic carbocycles. The van der Waals surface area contributed by atoms with Gasteiger partial charge in [0.25, 0.3) is 5.91 Å². The molecular formula is C23H20FN3O. The summed E-state index contributed by atoms with van der Waals surface area (Å²) in [5, 5.41) is 0. The Morgan fingerprint density at radius 2 is 1.75 bits per heavy atom. The van der Waals surface area contributed by atoms with E-state index in [1.807, 2.05) is 50.2 Å². The highest BCUT2D eigenvalue weighted by atomic mass is 19.1. The number of para-hydroxylation sites is 2. The van der Waals surface area contributed by atoms with Gasteiger partial charge in [-0.2, -0.15) is 0 Å². The molecule has 0 spiro atoms. The minimum Gasteiger partial charge on any atom is -0.306 e. The summed E-state index contributed by atoms with van der Waals surface area (Å²) < 4.78 is 16.2. The molecule has 0 atom stereocenters. The Morgan fingerprint density at radius 1 is 1.04 bits per heavy atom. The predicted octanol–water partition coefficient (Wildman–Crippen LogP) is 5.14. The number of imidazole rings is 1. The number of halogens is 1. The summed E-state index contributed by atoms with van der Waals surface area (Å²) in [6, 6.07) is 21.7. The molecule has 0 bridgehead atoms. The van der Waals surface area contributed by atoms with Crippen LogP contribution in [0.1, 0.15) is 23.1 Å². The Labute approximate surface area is 162 Å². The van der Waals surface area contributed by atoms with Gasteiger partial charge in [0, 0.05) is 17.8 Å². The highest BCUT2D eigenvalue weighted by molar-refractivity contribution is 6.07. The van der Waals surface area contributed by atoms with Crippen LogP contribution in [0.4, 0.5) is 10.1 Å². The second-order valence-corrected chi connectivity index (χ2v) is 6.53. The molecule has 0 saturated carbocycles. The maximum Gasteiger partial charge on any atom is 0.258 e. The highest BCUT2D eigenvalue weighted by Crippen LogP contribution is 2.25. The van der Waals surface area contributed by atoms with E-state index in [2.05, 4.69) is 9.55 Å². The first-order chi connectivity index (χ1) is 13.6. The van der Waals surface area contributed by atoms with Gasteiger partial charge >= 0.3 is 0 Å². The Hall–Kier alpha value is -3.47. The van der Waals surface area contributed by atoms with E-state index in [9.17, 15) is 9.18 Å². The van der Waals surface area contributed by atoms with Crippen molar-refractivity contribution in [3.8, 4) is 5.69 Å². The number of benzene rings is 3. The summed E-state index contributed by atoms with van der Waals surface area (Å²) in [6.45, 7) is 4.14. The van der Waals surface area contributed by atoms with Crippen LogP contribution in [0.5, 0.6) is 0 Å². The number of amides is 1. The van der Waals surface area contributed by atoms with Crippen LogP contribution in [0.15, 0.2) is 72.8 Å². The van der Waals surface area contributed by atoms with Crippen LogP contribution in [0.25, 0.3) is 16.7 Å². The van der Waals surface area contributed by atoms with Crippen LogP contribution in [-0.4, -0.2) is 22.0 Å². The number of hydrogen-bond donors (Lipinski definition) is 0. The van der Waals surface area contributed by atoms with Crippen molar-refractivity contribution in [2.24, 2.45) is 0 Å². The Kier molecular flexibility index (Phi) is 4.65. The highest BCUT2D eigenvalue weighted by Gasteiger charge is 2.20. The summed E-state index contributed by atoms with van der Waals surface area (Å²) in [4.78, 5) is 19.1. The summed E-state index contributed by atoms with van der Waals surface area (Å²) in [7, 11) is 0. The Morgan fingerprint density at radius 3 is 2.46 bits per heavy atom. The molecule has 140 valence electrons. The van der Waals surface area contributed by atoms with Crippen molar-refractivity contribution < 1.29 is 9.18 Å². The van der Waals surface area contributed by atoms with E-state index >= 15 is 0 Å². The number of aromatic nitrogens is 2. The zero-order valence-corrected chi connectivity index (χ0v) is 15.8. The molecule has 0 radical (unpaired) electrons. The number of carbonyl (C=O) groups is 1. The van der Waals surface area contributed by atoms with Crippen molar-refractivity contribution >= 4 is 22.6 Å². The van der Waals surface area contributed by atoms with E-state index in [-0.39, 0.29) is 11.6 Å². The zero-order chi connectivity index (χ0) is 19.7. The van der Waals surface area contributed by atoms with E-state index in [1.165, 1.54) is 11.0 Å². The quantitative estimate of drug-likeness (QED) is 0.497. The van der Waals surface area contributed by atoms with Crippen LogP contribution in [0.3, 0.4) is 0 Å². The number of hydrogen-bond acceptors (Lipinski definition) is 2. The van der Waals surface area contributed by atoms with Crippen molar-refractivity contribution in [2.75, 3.05) is 11.4 Å². The minimum atomic E-state index is -0.414. The number of nitrogens with zero attached hydrogens (tertiary/aromatic N) is 3. The molecule has 0 N–H and O–H groups in total. The molecule has 0 unspecified atom stereocenters. The molecule has 28 heavy (non-hydrogen) atoms. The van der Waals surface area contributed by atoms with Gasteiger partial charge in [-0.25, -0.2) is 9.37 Å². The SMILES string of the molecule is CCN(C(=O)c1ccc2c(c1)nc(C)n2-c1ccccc1)c1ccccc1F. The smallest absolute Gasteiger partial charge is 0.258 e. The van der Waals surface area contributed by atoms with Crippen LogP contribution in [0, 0.1) is 12.7 Å². The van der Waals surface area contributed by atoms with Gasteiger partial charge in [-0.15, -0.1) is 0 Å².